The summed E-state index contributed by atoms with van der Waals surface area (Å²) in [5.74, 6) is -1.15. The highest BCUT2D eigenvalue weighted by molar-refractivity contribution is 5.97. The van der Waals surface area contributed by atoms with Crippen LogP contribution in [0.25, 0.3) is 0 Å². The van der Waals surface area contributed by atoms with Gasteiger partial charge in [0.25, 0.3) is 5.69 Å². The number of aromatic carboxylic acids is 1. The molecule has 1 aromatic rings. The molecule has 6 heteroatoms. The molecule has 0 spiro atoms. The molecule has 0 aliphatic rings. The summed E-state index contributed by atoms with van der Waals surface area (Å²) in [4.78, 5) is 23.3. The van der Waals surface area contributed by atoms with E-state index in [9.17, 15) is 14.9 Å². The third-order valence-electron chi connectivity index (χ3n) is 2.92. The number of anilines is 1. The number of hydrogen-bond donors (Lipinski definition) is 1. The standard InChI is InChI=1S/C13H18N2O4/c1-3-4-5-9-14(2)12-10(13(16)17)7-6-8-11(12)15(18)19/h6-8H,3-5,9H2,1-2H3,(H,16,17). The van der Waals surface area contributed by atoms with Gasteiger partial charge in [0.15, 0.2) is 0 Å². The number of hydrogen-bond acceptors (Lipinski definition) is 4. The molecule has 6 nitrogen and oxygen atoms in total. The van der Waals surface area contributed by atoms with Gasteiger partial charge in [0.1, 0.15) is 5.69 Å². The van der Waals surface area contributed by atoms with Gasteiger partial charge in [-0.2, -0.15) is 0 Å². The van der Waals surface area contributed by atoms with Crippen LogP contribution in [0, 0.1) is 10.1 Å². The molecule has 0 fully saturated rings. The Hall–Kier alpha value is -2.11. The number of nitrogens with zero attached hydrogens (tertiary/aromatic N) is 2. The first-order valence-electron chi connectivity index (χ1n) is 6.20. The summed E-state index contributed by atoms with van der Waals surface area (Å²) in [6.07, 6.45) is 2.92. The Morgan fingerprint density at radius 1 is 1.42 bits per heavy atom. The third-order valence-corrected chi connectivity index (χ3v) is 2.92. The Morgan fingerprint density at radius 3 is 2.63 bits per heavy atom. The smallest absolute Gasteiger partial charge is 0.338 e. The molecule has 1 aromatic carbocycles. The van der Waals surface area contributed by atoms with Crippen LogP contribution in [0.2, 0.25) is 0 Å². The molecule has 0 aromatic heterocycles. The Bertz CT molecular complexity index is 441. The van der Waals surface area contributed by atoms with Crippen molar-refractivity contribution in [1.82, 2.24) is 0 Å². The van der Waals surface area contributed by atoms with Crippen LogP contribution < -0.4 is 4.90 Å². The van der Waals surface area contributed by atoms with Crippen LogP contribution in [-0.2, 0) is 0 Å². The van der Waals surface area contributed by atoms with Crippen LogP contribution in [0.3, 0.4) is 0 Å². The van der Waals surface area contributed by atoms with Gasteiger partial charge in [-0.05, 0) is 12.5 Å². The van der Waals surface area contributed by atoms with Crippen molar-refractivity contribution >= 4 is 17.3 Å². The van der Waals surface area contributed by atoms with Crippen LogP contribution in [0.4, 0.5) is 11.4 Å². The summed E-state index contributed by atoms with van der Waals surface area (Å²) in [6, 6.07) is 4.12. The lowest BCUT2D eigenvalue weighted by Crippen LogP contribution is -2.22. The Labute approximate surface area is 111 Å². The van der Waals surface area contributed by atoms with Gasteiger partial charge in [-0.1, -0.05) is 25.8 Å². The lowest BCUT2D eigenvalue weighted by Gasteiger charge is -2.20. The first-order valence-corrected chi connectivity index (χ1v) is 6.20. The number of rotatable bonds is 7. The summed E-state index contributed by atoms with van der Waals surface area (Å²) in [7, 11) is 1.68. The summed E-state index contributed by atoms with van der Waals surface area (Å²) < 4.78 is 0. The van der Waals surface area contributed by atoms with E-state index in [-0.39, 0.29) is 16.9 Å². The number of nitro groups is 1. The van der Waals surface area contributed by atoms with Gasteiger partial charge in [0, 0.05) is 19.7 Å². The largest absolute Gasteiger partial charge is 0.478 e. The van der Waals surface area contributed by atoms with Crippen LogP contribution in [0.15, 0.2) is 18.2 Å². The number of benzene rings is 1. The first kappa shape index (κ1) is 14.9. The molecular weight excluding hydrogens is 248 g/mol. The molecule has 19 heavy (non-hydrogen) atoms. The highest BCUT2D eigenvalue weighted by atomic mass is 16.6. The van der Waals surface area contributed by atoms with E-state index in [4.69, 9.17) is 5.11 Å². The number of unbranched alkanes of at least 4 members (excludes halogenated alkanes) is 2. The van der Waals surface area contributed by atoms with Crippen LogP contribution >= 0.6 is 0 Å². The Balaban J connectivity index is 3.13. The minimum Gasteiger partial charge on any atom is -0.478 e. The summed E-state index contributed by atoms with van der Waals surface area (Å²) in [5, 5.41) is 20.2. The quantitative estimate of drug-likeness (QED) is 0.466. The SMILES string of the molecule is CCCCCN(C)c1c(C(=O)O)cccc1[N+](=O)[O-]. The van der Waals surface area contributed by atoms with E-state index in [1.165, 1.54) is 18.2 Å². The molecule has 0 saturated carbocycles. The first-order chi connectivity index (χ1) is 8.99. The molecule has 0 aliphatic carbocycles. The molecule has 1 rings (SSSR count). The van der Waals surface area contributed by atoms with Crippen molar-refractivity contribution in [2.24, 2.45) is 0 Å². The number of carboxylic acid groups (broad SMARTS) is 1. The molecule has 0 radical (unpaired) electrons. The van der Waals surface area contributed by atoms with E-state index < -0.39 is 10.9 Å². The monoisotopic (exact) mass is 266 g/mol. The van der Waals surface area contributed by atoms with Gasteiger partial charge in [-0.25, -0.2) is 4.79 Å². The minimum absolute atomic E-state index is 0.0341. The van der Waals surface area contributed by atoms with E-state index >= 15 is 0 Å². The average Bonchev–Trinajstić information content (AvgIpc) is 2.37. The zero-order chi connectivity index (χ0) is 14.4. The maximum absolute atomic E-state index is 11.2. The molecule has 0 heterocycles. The molecule has 104 valence electrons. The van der Waals surface area contributed by atoms with Gasteiger partial charge in [0.2, 0.25) is 0 Å². The molecule has 0 bridgehead atoms. The Morgan fingerprint density at radius 2 is 2.11 bits per heavy atom. The second-order valence-electron chi connectivity index (χ2n) is 4.36. The van der Waals surface area contributed by atoms with Gasteiger partial charge in [-0.15, -0.1) is 0 Å². The molecule has 0 atom stereocenters. The second kappa shape index (κ2) is 6.72. The molecule has 0 unspecified atom stereocenters. The van der Waals surface area contributed by atoms with Crippen molar-refractivity contribution in [3.05, 3.63) is 33.9 Å². The van der Waals surface area contributed by atoms with Crippen molar-refractivity contribution in [2.75, 3.05) is 18.5 Å². The molecular formula is C13H18N2O4. The fraction of sp³-hybridized carbons (Fsp3) is 0.462. The predicted octanol–water partition coefficient (Wildman–Crippen LogP) is 2.92. The van der Waals surface area contributed by atoms with E-state index in [0.29, 0.717) is 6.54 Å². The van der Waals surface area contributed by atoms with E-state index in [2.05, 4.69) is 6.92 Å². The number of nitro benzene ring substituents is 1. The lowest BCUT2D eigenvalue weighted by atomic mass is 10.1. The van der Waals surface area contributed by atoms with Crippen molar-refractivity contribution in [3.63, 3.8) is 0 Å². The molecule has 0 saturated heterocycles. The van der Waals surface area contributed by atoms with Crippen LogP contribution in [0.5, 0.6) is 0 Å². The number of para-hydroxylation sites is 1. The second-order valence-corrected chi connectivity index (χ2v) is 4.36. The summed E-state index contributed by atoms with van der Waals surface area (Å²) in [6.45, 7) is 2.66. The van der Waals surface area contributed by atoms with Crippen molar-refractivity contribution in [3.8, 4) is 0 Å². The van der Waals surface area contributed by atoms with Crippen molar-refractivity contribution in [1.29, 1.82) is 0 Å². The fourth-order valence-electron chi connectivity index (χ4n) is 1.96. The van der Waals surface area contributed by atoms with E-state index in [1.807, 2.05) is 0 Å². The highest BCUT2D eigenvalue weighted by Crippen LogP contribution is 2.31. The van der Waals surface area contributed by atoms with Gasteiger partial charge < -0.3 is 10.0 Å². The van der Waals surface area contributed by atoms with Gasteiger partial charge in [-0.3, -0.25) is 10.1 Å². The number of carbonyl (C=O) groups is 1. The van der Waals surface area contributed by atoms with Gasteiger partial charge >= 0.3 is 5.97 Å². The zero-order valence-electron chi connectivity index (χ0n) is 11.1. The average molecular weight is 266 g/mol. The predicted molar refractivity (Wildman–Crippen MR) is 72.9 cm³/mol. The minimum atomic E-state index is -1.15. The van der Waals surface area contributed by atoms with E-state index in [0.717, 1.165) is 19.3 Å². The lowest BCUT2D eigenvalue weighted by molar-refractivity contribution is -0.384. The maximum atomic E-state index is 11.2. The molecule has 0 amide bonds. The van der Waals surface area contributed by atoms with Gasteiger partial charge in [0.05, 0.1) is 10.5 Å². The Kier molecular flexibility index (Phi) is 5.29. The van der Waals surface area contributed by atoms with Crippen LogP contribution in [0.1, 0.15) is 36.5 Å². The number of carboxylic acids is 1. The fourth-order valence-corrected chi connectivity index (χ4v) is 1.96. The van der Waals surface area contributed by atoms with E-state index in [1.54, 1.807) is 11.9 Å². The van der Waals surface area contributed by atoms with Crippen molar-refractivity contribution in [2.45, 2.75) is 26.2 Å². The highest BCUT2D eigenvalue weighted by Gasteiger charge is 2.23. The third kappa shape index (κ3) is 3.67. The topological polar surface area (TPSA) is 83.7 Å². The summed E-state index contributed by atoms with van der Waals surface area (Å²) >= 11 is 0. The zero-order valence-corrected chi connectivity index (χ0v) is 11.1. The maximum Gasteiger partial charge on any atom is 0.338 e. The molecule has 1 N–H and O–H groups in total. The normalized spacial score (nSPS) is 10.2. The van der Waals surface area contributed by atoms with Crippen molar-refractivity contribution < 1.29 is 14.8 Å². The van der Waals surface area contributed by atoms with Crippen LogP contribution in [-0.4, -0.2) is 29.6 Å². The molecule has 0 aliphatic heterocycles. The summed E-state index contributed by atoms with van der Waals surface area (Å²) in [5.41, 5.74) is -0.0248.